The Hall–Kier alpha value is -1.57. The first-order valence-electron chi connectivity index (χ1n) is 10.8. The van der Waals surface area contributed by atoms with Gasteiger partial charge in [-0.1, -0.05) is 0 Å². The number of rotatable bonds is 6. The van der Waals surface area contributed by atoms with Crippen LogP contribution < -0.4 is 10.6 Å². The van der Waals surface area contributed by atoms with Gasteiger partial charge in [-0.2, -0.15) is 11.8 Å². The van der Waals surface area contributed by atoms with E-state index in [1.165, 1.54) is 50.5 Å². The molecule has 1 aromatic carbocycles. The quantitative estimate of drug-likeness (QED) is 0.698. The summed E-state index contributed by atoms with van der Waals surface area (Å²) in [6, 6.07) is 7.30. The molecule has 1 aromatic rings. The Balaban J connectivity index is 1.22. The van der Waals surface area contributed by atoms with Crippen LogP contribution >= 0.6 is 11.8 Å². The first-order valence-corrected chi connectivity index (χ1v) is 11.9. The molecule has 1 unspecified atom stereocenters. The lowest BCUT2D eigenvalue weighted by Gasteiger charge is -2.51. The van der Waals surface area contributed by atoms with E-state index >= 15 is 0 Å². The van der Waals surface area contributed by atoms with Crippen LogP contribution in [0, 0.1) is 11.8 Å². The standard InChI is InChI=1S/C22H32N4O2S/c1-16(27)17-2-4-20(5-3-17)24-22(28)23-13-21-12-18-6-7-26(21)15-19(18)14-25-8-10-29-11-9-25/h2-5,18-19,21H,6-15H2,1H3,(H2,23,24,28)/t18-,19-,21+/m0/s1. The van der Waals surface area contributed by atoms with E-state index < -0.39 is 0 Å². The fourth-order valence-electron chi connectivity index (χ4n) is 4.96. The largest absolute Gasteiger partial charge is 0.336 e. The number of nitrogens with zero attached hydrogens (tertiary/aromatic N) is 2. The third kappa shape index (κ3) is 5.32. The molecule has 0 saturated carbocycles. The van der Waals surface area contributed by atoms with E-state index in [0.29, 0.717) is 23.8 Å². The normalized spacial score (nSPS) is 29.4. The highest BCUT2D eigenvalue weighted by Crippen LogP contribution is 2.36. The van der Waals surface area contributed by atoms with Crippen LogP contribution in [0.25, 0.3) is 0 Å². The van der Waals surface area contributed by atoms with Crippen molar-refractivity contribution in [2.24, 2.45) is 11.8 Å². The van der Waals surface area contributed by atoms with Gasteiger partial charge >= 0.3 is 6.03 Å². The van der Waals surface area contributed by atoms with Crippen LogP contribution in [0.5, 0.6) is 0 Å². The summed E-state index contributed by atoms with van der Waals surface area (Å²) >= 11 is 2.07. The molecule has 158 valence electrons. The van der Waals surface area contributed by atoms with E-state index in [0.717, 1.165) is 18.4 Å². The number of amides is 2. The van der Waals surface area contributed by atoms with Gasteiger partial charge in [-0.05, 0) is 62.4 Å². The molecule has 0 radical (unpaired) electrons. The van der Waals surface area contributed by atoms with Gasteiger partial charge in [0, 0.05) is 61.5 Å². The minimum Gasteiger partial charge on any atom is -0.336 e. The zero-order valence-electron chi connectivity index (χ0n) is 17.2. The summed E-state index contributed by atoms with van der Waals surface area (Å²) in [6.07, 6.45) is 2.50. The molecule has 6 nitrogen and oxygen atoms in total. The van der Waals surface area contributed by atoms with Crippen LogP contribution in [-0.2, 0) is 0 Å². The van der Waals surface area contributed by atoms with Gasteiger partial charge in [0.25, 0.3) is 0 Å². The summed E-state index contributed by atoms with van der Waals surface area (Å²) in [4.78, 5) is 28.9. The molecular formula is C22H32N4O2S. The van der Waals surface area contributed by atoms with Gasteiger partial charge < -0.3 is 15.5 Å². The number of fused-ring (bicyclic) bond motifs is 3. The number of hydrogen-bond donors (Lipinski definition) is 2. The van der Waals surface area contributed by atoms with Gasteiger partial charge in [0.2, 0.25) is 0 Å². The fraction of sp³-hybridized carbons (Fsp3) is 0.636. The number of piperidine rings is 3. The second-order valence-electron chi connectivity index (χ2n) is 8.57. The van der Waals surface area contributed by atoms with Gasteiger partial charge in [-0.25, -0.2) is 4.79 Å². The van der Waals surface area contributed by atoms with Crippen molar-refractivity contribution in [1.29, 1.82) is 0 Å². The third-order valence-corrected chi connectivity index (χ3v) is 7.60. The number of ketones is 1. The number of hydrogen-bond acceptors (Lipinski definition) is 5. The number of urea groups is 1. The summed E-state index contributed by atoms with van der Waals surface area (Å²) in [5.41, 5.74) is 1.36. The molecular weight excluding hydrogens is 384 g/mol. The van der Waals surface area contributed by atoms with Crippen molar-refractivity contribution in [2.75, 3.05) is 56.1 Å². The van der Waals surface area contributed by atoms with E-state index in [1.807, 2.05) is 0 Å². The SMILES string of the molecule is CC(=O)c1ccc(NC(=O)NC[C@H]2C[C@@H]3CCN2C[C@@H]3CN2CCSCC2)cc1. The molecule has 2 bridgehead atoms. The molecule has 4 saturated heterocycles. The Labute approximate surface area is 177 Å². The fourth-order valence-corrected chi connectivity index (χ4v) is 5.94. The number of thioether (sulfide) groups is 1. The molecule has 4 fully saturated rings. The highest BCUT2D eigenvalue weighted by atomic mass is 32.2. The minimum absolute atomic E-state index is 0.0277. The van der Waals surface area contributed by atoms with Crippen LogP contribution in [0.4, 0.5) is 10.5 Å². The van der Waals surface area contributed by atoms with E-state index in [9.17, 15) is 9.59 Å². The zero-order valence-corrected chi connectivity index (χ0v) is 18.0. The summed E-state index contributed by atoms with van der Waals surface area (Å²) in [7, 11) is 0. The first kappa shape index (κ1) is 20.7. The molecule has 0 aliphatic carbocycles. The Morgan fingerprint density at radius 1 is 1.14 bits per heavy atom. The van der Waals surface area contributed by atoms with E-state index in [2.05, 4.69) is 32.2 Å². The third-order valence-electron chi connectivity index (χ3n) is 6.66. The van der Waals surface area contributed by atoms with Crippen molar-refractivity contribution in [3.05, 3.63) is 29.8 Å². The van der Waals surface area contributed by atoms with Gasteiger partial charge in [-0.3, -0.25) is 9.69 Å². The molecule has 7 heteroatoms. The number of Topliss-reactive ketones (excluding diaryl/α,β-unsaturated/α-hetero) is 1. The molecule has 2 amide bonds. The first-order chi connectivity index (χ1) is 14.1. The van der Waals surface area contributed by atoms with Crippen molar-refractivity contribution >= 4 is 29.3 Å². The predicted molar refractivity (Wildman–Crippen MR) is 119 cm³/mol. The maximum atomic E-state index is 12.3. The van der Waals surface area contributed by atoms with Gasteiger partial charge in [-0.15, -0.1) is 0 Å². The molecule has 4 aliphatic rings. The highest BCUT2D eigenvalue weighted by molar-refractivity contribution is 7.99. The van der Waals surface area contributed by atoms with E-state index in [4.69, 9.17) is 0 Å². The number of benzene rings is 1. The number of nitrogens with one attached hydrogen (secondary N) is 2. The van der Waals surface area contributed by atoms with E-state index in [-0.39, 0.29) is 11.8 Å². The predicted octanol–water partition coefficient (Wildman–Crippen LogP) is 2.77. The van der Waals surface area contributed by atoms with Gasteiger partial charge in [0.15, 0.2) is 5.78 Å². The van der Waals surface area contributed by atoms with Gasteiger partial charge in [0.1, 0.15) is 0 Å². The van der Waals surface area contributed by atoms with Crippen molar-refractivity contribution in [3.8, 4) is 0 Å². The summed E-state index contributed by atoms with van der Waals surface area (Å²) < 4.78 is 0. The molecule has 29 heavy (non-hydrogen) atoms. The number of carbonyl (C=O) groups is 2. The number of carbonyl (C=O) groups excluding carboxylic acids is 2. The van der Waals surface area contributed by atoms with Crippen LogP contribution in [0.2, 0.25) is 0 Å². The van der Waals surface area contributed by atoms with Crippen LogP contribution in [0.3, 0.4) is 0 Å². The smallest absolute Gasteiger partial charge is 0.319 e. The Morgan fingerprint density at radius 2 is 1.90 bits per heavy atom. The van der Waals surface area contributed by atoms with Crippen LogP contribution in [0.15, 0.2) is 24.3 Å². The molecule has 4 atom stereocenters. The Morgan fingerprint density at radius 3 is 2.55 bits per heavy atom. The van der Waals surface area contributed by atoms with Crippen LogP contribution in [-0.4, -0.2) is 78.4 Å². The minimum atomic E-state index is -0.175. The zero-order chi connectivity index (χ0) is 20.2. The summed E-state index contributed by atoms with van der Waals surface area (Å²) in [5.74, 6) is 4.17. The highest BCUT2D eigenvalue weighted by Gasteiger charge is 2.40. The average Bonchev–Trinajstić information content (AvgIpc) is 2.74. The molecule has 5 rings (SSSR count). The second kappa shape index (κ2) is 9.49. The second-order valence-corrected chi connectivity index (χ2v) is 9.80. The van der Waals surface area contributed by atoms with Crippen molar-refractivity contribution in [3.63, 3.8) is 0 Å². The van der Waals surface area contributed by atoms with Crippen molar-refractivity contribution in [2.45, 2.75) is 25.8 Å². The molecule has 2 N–H and O–H groups in total. The lowest BCUT2D eigenvalue weighted by molar-refractivity contribution is -0.00980. The average molecular weight is 417 g/mol. The lowest BCUT2D eigenvalue weighted by atomic mass is 9.75. The maximum absolute atomic E-state index is 12.3. The molecule has 4 heterocycles. The summed E-state index contributed by atoms with van der Waals surface area (Å²) in [5, 5.41) is 5.91. The van der Waals surface area contributed by atoms with Crippen molar-refractivity contribution < 1.29 is 9.59 Å². The molecule has 4 aliphatic heterocycles. The van der Waals surface area contributed by atoms with Crippen LogP contribution in [0.1, 0.15) is 30.1 Å². The topological polar surface area (TPSA) is 64.7 Å². The van der Waals surface area contributed by atoms with Crippen molar-refractivity contribution in [1.82, 2.24) is 15.1 Å². The van der Waals surface area contributed by atoms with E-state index in [1.54, 1.807) is 31.2 Å². The molecule has 0 aromatic heterocycles. The Bertz CT molecular complexity index is 720. The maximum Gasteiger partial charge on any atom is 0.319 e. The summed E-state index contributed by atoms with van der Waals surface area (Å²) in [6.45, 7) is 8.31. The number of anilines is 1. The van der Waals surface area contributed by atoms with Gasteiger partial charge in [0.05, 0.1) is 0 Å². The Kier molecular flexibility index (Phi) is 6.77. The lowest BCUT2D eigenvalue weighted by Crippen LogP contribution is -2.59. The monoisotopic (exact) mass is 416 g/mol. The molecule has 0 spiro atoms.